The summed E-state index contributed by atoms with van der Waals surface area (Å²) in [5.74, 6) is 0.843. The Morgan fingerprint density at radius 3 is 2.73 bits per heavy atom. The monoisotopic (exact) mass is 421 g/mol. The van der Waals surface area contributed by atoms with E-state index in [4.69, 9.17) is 4.74 Å². The molecule has 1 saturated heterocycles. The number of hydrogen-bond donors (Lipinski definition) is 2. The molecule has 2 heterocycles. The second kappa shape index (κ2) is 9.34. The van der Waals surface area contributed by atoms with Gasteiger partial charge in [-0.1, -0.05) is 0 Å². The van der Waals surface area contributed by atoms with Crippen LogP contribution in [0.4, 0.5) is 0 Å². The van der Waals surface area contributed by atoms with Crippen LogP contribution in [0.25, 0.3) is 0 Å². The van der Waals surface area contributed by atoms with Crippen molar-refractivity contribution in [2.75, 3.05) is 19.7 Å². The maximum absolute atomic E-state index is 5.63. The van der Waals surface area contributed by atoms with Gasteiger partial charge in [0.1, 0.15) is 0 Å². The van der Waals surface area contributed by atoms with Crippen LogP contribution in [-0.4, -0.2) is 41.5 Å². The molecule has 1 unspecified atom stereocenters. The van der Waals surface area contributed by atoms with Crippen molar-refractivity contribution in [2.45, 2.75) is 46.3 Å². The molecule has 22 heavy (non-hydrogen) atoms. The van der Waals surface area contributed by atoms with Crippen molar-refractivity contribution in [2.24, 2.45) is 12.0 Å². The van der Waals surface area contributed by atoms with E-state index in [-0.39, 0.29) is 24.0 Å². The number of aromatic nitrogens is 2. The van der Waals surface area contributed by atoms with E-state index < -0.39 is 0 Å². The first-order valence-electron chi connectivity index (χ1n) is 7.74. The standard InChI is InChI=1S/C15H27N5O.HI/c1-5-16-15(17-9-13-7-6-8-21-13)18-10-14-11(2)19-20(4)12(14)3;/h13H,5-10H2,1-4H3,(H2,16,17,18);1H. The summed E-state index contributed by atoms with van der Waals surface area (Å²) in [5, 5.41) is 11.1. The number of rotatable bonds is 5. The molecule has 2 N–H and O–H groups in total. The molecule has 0 aromatic carbocycles. The van der Waals surface area contributed by atoms with Gasteiger partial charge in [0.15, 0.2) is 5.96 Å². The minimum Gasteiger partial charge on any atom is -0.376 e. The number of aryl methyl sites for hydroxylation is 2. The molecule has 126 valence electrons. The highest BCUT2D eigenvalue weighted by molar-refractivity contribution is 14.0. The summed E-state index contributed by atoms with van der Waals surface area (Å²) in [6, 6.07) is 0. The fourth-order valence-corrected chi connectivity index (χ4v) is 2.56. The summed E-state index contributed by atoms with van der Waals surface area (Å²) in [7, 11) is 1.97. The Balaban J connectivity index is 0.00000242. The van der Waals surface area contributed by atoms with E-state index in [2.05, 4.69) is 34.6 Å². The molecule has 0 bridgehead atoms. The molecule has 7 heteroatoms. The minimum atomic E-state index is 0. The molecular formula is C15H28IN5O. The molecule has 1 aliphatic heterocycles. The van der Waals surface area contributed by atoms with Gasteiger partial charge >= 0.3 is 0 Å². The smallest absolute Gasteiger partial charge is 0.191 e. The van der Waals surface area contributed by atoms with Gasteiger partial charge in [-0.05, 0) is 33.6 Å². The SMILES string of the molecule is CCNC(=NCc1c(C)nn(C)c1C)NCC1CCCO1.I. The Kier molecular flexibility index (Phi) is 8.16. The molecule has 0 radical (unpaired) electrons. The average molecular weight is 421 g/mol. The van der Waals surface area contributed by atoms with E-state index in [0.29, 0.717) is 12.6 Å². The molecule has 0 spiro atoms. The fraction of sp³-hybridized carbons (Fsp3) is 0.733. The quantitative estimate of drug-likeness (QED) is 0.433. The van der Waals surface area contributed by atoms with Crippen LogP contribution < -0.4 is 10.6 Å². The highest BCUT2D eigenvalue weighted by Crippen LogP contribution is 2.13. The second-order valence-electron chi connectivity index (χ2n) is 5.48. The molecule has 1 fully saturated rings. The van der Waals surface area contributed by atoms with Gasteiger partial charge in [0.2, 0.25) is 0 Å². The van der Waals surface area contributed by atoms with E-state index in [1.165, 1.54) is 11.3 Å². The zero-order valence-corrected chi connectivity index (χ0v) is 16.3. The first-order chi connectivity index (χ1) is 10.1. The second-order valence-corrected chi connectivity index (χ2v) is 5.48. The Bertz CT molecular complexity index is 494. The van der Waals surface area contributed by atoms with Crippen molar-refractivity contribution in [3.05, 3.63) is 17.0 Å². The Hall–Kier alpha value is -0.830. The predicted molar refractivity (Wildman–Crippen MR) is 99.9 cm³/mol. The van der Waals surface area contributed by atoms with Crippen LogP contribution in [0.5, 0.6) is 0 Å². The van der Waals surface area contributed by atoms with Crippen LogP contribution in [0.1, 0.15) is 36.7 Å². The van der Waals surface area contributed by atoms with Crippen molar-refractivity contribution >= 4 is 29.9 Å². The van der Waals surface area contributed by atoms with Gasteiger partial charge < -0.3 is 15.4 Å². The van der Waals surface area contributed by atoms with Crippen molar-refractivity contribution in [1.29, 1.82) is 0 Å². The van der Waals surface area contributed by atoms with E-state index in [1.807, 2.05) is 18.7 Å². The normalized spacial score (nSPS) is 18.2. The van der Waals surface area contributed by atoms with Gasteiger partial charge in [-0.25, -0.2) is 4.99 Å². The topological polar surface area (TPSA) is 63.5 Å². The lowest BCUT2D eigenvalue weighted by molar-refractivity contribution is 0.114. The summed E-state index contributed by atoms with van der Waals surface area (Å²) in [6.45, 7) is 9.38. The van der Waals surface area contributed by atoms with Gasteiger partial charge in [0.05, 0.1) is 18.3 Å². The van der Waals surface area contributed by atoms with Crippen LogP contribution >= 0.6 is 24.0 Å². The number of ether oxygens (including phenoxy) is 1. The number of aliphatic imine (C=N–C) groups is 1. The third-order valence-corrected chi connectivity index (χ3v) is 3.92. The van der Waals surface area contributed by atoms with Crippen LogP contribution in [0.3, 0.4) is 0 Å². The highest BCUT2D eigenvalue weighted by atomic mass is 127. The molecule has 1 aromatic heterocycles. The van der Waals surface area contributed by atoms with Gasteiger partial charge in [-0.2, -0.15) is 5.10 Å². The number of halogens is 1. The number of guanidine groups is 1. The molecule has 0 amide bonds. The van der Waals surface area contributed by atoms with Gasteiger partial charge in [-0.3, -0.25) is 4.68 Å². The predicted octanol–water partition coefficient (Wildman–Crippen LogP) is 1.89. The van der Waals surface area contributed by atoms with E-state index in [1.54, 1.807) is 0 Å². The van der Waals surface area contributed by atoms with Crippen LogP contribution in [-0.2, 0) is 18.3 Å². The molecular weight excluding hydrogens is 393 g/mol. The molecule has 1 atom stereocenters. The van der Waals surface area contributed by atoms with Crippen molar-refractivity contribution < 1.29 is 4.74 Å². The number of nitrogens with zero attached hydrogens (tertiary/aromatic N) is 3. The highest BCUT2D eigenvalue weighted by Gasteiger charge is 2.15. The lowest BCUT2D eigenvalue weighted by atomic mass is 10.2. The number of hydrogen-bond acceptors (Lipinski definition) is 3. The largest absolute Gasteiger partial charge is 0.376 e. The summed E-state index contributed by atoms with van der Waals surface area (Å²) in [4.78, 5) is 4.67. The van der Waals surface area contributed by atoms with Crippen molar-refractivity contribution in [1.82, 2.24) is 20.4 Å². The number of nitrogens with one attached hydrogen (secondary N) is 2. The van der Waals surface area contributed by atoms with Gasteiger partial charge in [0, 0.05) is 38.0 Å². The first-order valence-corrected chi connectivity index (χ1v) is 7.74. The Labute approximate surface area is 150 Å². The maximum atomic E-state index is 5.63. The van der Waals surface area contributed by atoms with Crippen LogP contribution in [0.15, 0.2) is 4.99 Å². The summed E-state index contributed by atoms with van der Waals surface area (Å²) < 4.78 is 7.54. The third-order valence-electron chi connectivity index (χ3n) is 3.92. The summed E-state index contributed by atoms with van der Waals surface area (Å²) in [6.07, 6.45) is 2.61. The zero-order valence-electron chi connectivity index (χ0n) is 14.0. The molecule has 0 saturated carbocycles. The third kappa shape index (κ3) is 5.12. The lowest BCUT2D eigenvalue weighted by Crippen LogP contribution is -2.41. The molecule has 1 aliphatic rings. The Morgan fingerprint density at radius 1 is 1.41 bits per heavy atom. The van der Waals surface area contributed by atoms with Gasteiger partial charge in [0.25, 0.3) is 0 Å². The molecule has 1 aromatic rings. The van der Waals surface area contributed by atoms with Crippen LogP contribution in [0.2, 0.25) is 0 Å². The maximum Gasteiger partial charge on any atom is 0.191 e. The zero-order chi connectivity index (χ0) is 15.2. The van der Waals surface area contributed by atoms with Crippen LogP contribution in [0, 0.1) is 13.8 Å². The average Bonchev–Trinajstić information content (AvgIpc) is 3.04. The fourth-order valence-electron chi connectivity index (χ4n) is 2.56. The van der Waals surface area contributed by atoms with Crippen molar-refractivity contribution in [3.63, 3.8) is 0 Å². The summed E-state index contributed by atoms with van der Waals surface area (Å²) >= 11 is 0. The minimum absolute atomic E-state index is 0. The van der Waals surface area contributed by atoms with Gasteiger partial charge in [-0.15, -0.1) is 24.0 Å². The van der Waals surface area contributed by atoms with Crippen molar-refractivity contribution in [3.8, 4) is 0 Å². The molecule has 6 nitrogen and oxygen atoms in total. The Morgan fingerprint density at radius 2 is 2.18 bits per heavy atom. The van der Waals surface area contributed by atoms with E-state index in [9.17, 15) is 0 Å². The molecule has 0 aliphatic carbocycles. The van der Waals surface area contributed by atoms with E-state index in [0.717, 1.165) is 44.2 Å². The van der Waals surface area contributed by atoms with E-state index >= 15 is 0 Å². The lowest BCUT2D eigenvalue weighted by Gasteiger charge is -2.14. The summed E-state index contributed by atoms with van der Waals surface area (Å²) in [5.41, 5.74) is 3.42. The first kappa shape index (κ1) is 19.2. The molecule has 2 rings (SSSR count).